The third-order valence-electron chi connectivity index (χ3n) is 3.22. The maximum Gasteiger partial charge on any atom is 0.196 e. The van der Waals surface area contributed by atoms with E-state index in [1.807, 2.05) is 46.9 Å². The highest BCUT2D eigenvalue weighted by atomic mass is 16.1. The minimum atomic E-state index is 0.0601. The fraction of sp³-hybridized carbons (Fsp3) is 0.333. The lowest BCUT2D eigenvalue weighted by molar-refractivity contribution is 0.103. The van der Waals surface area contributed by atoms with Crippen molar-refractivity contribution in [3.05, 3.63) is 51.8 Å². The number of hydrogen-bond donors (Lipinski definition) is 0. The van der Waals surface area contributed by atoms with E-state index < -0.39 is 0 Å². The van der Waals surface area contributed by atoms with Crippen LogP contribution in [-0.2, 0) is 7.05 Å². The molecule has 0 spiro atoms. The molecule has 1 heterocycles. The molecular formula is C15H18N2O. The summed E-state index contributed by atoms with van der Waals surface area (Å²) in [6.45, 7) is 7.82. The summed E-state index contributed by atoms with van der Waals surface area (Å²) in [5.41, 5.74) is 5.39. The van der Waals surface area contributed by atoms with Gasteiger partial charge in [-0.25, -0.2) is 0 Å². The van der Waals surface area contributed by atoms with E-state index in [4.69, 9.17) is 0 Å². The monoisotopic (exact) mass is 242 g/mol. The molecule has 0 aliphatic heterocycles. The van der Waals surface area contributed by atoms with E-state index in [2.05, 4.69) is 11.2 Å². The number of ketones is 1. The van der Waals surface area contributed by atoms with Crippen LogP contribution in [0.5, 0.6) is 0 Å². The number of carbonyl (C=O) groups is 1. The van der Waals surface area contributed by atoms with E-state index in [1.165, 1.54) is 0 Å². The van der Waals surface area contributed by atoms with Crippen molar-refractivity contribution in [3.63, 3.8) is 0 Å². The Morgan fingerprint density at radius 3 is 2.06 bits per heavy atom. The fourth-order valence-corrected chi connectivity index (χ4v) is 2.35. The molecule has 0 bridgehead atoms. The summed E-state index contributed by atoms with van der Waals surface area (Å²) in [6.07, 6.45) is 0. The van der Waals surface area contributed by atoms with Crippen molar-refractivity contribution in [2.24, 2.45) is 7.05 Å². The molecule has 0 N–H and O–H groups in total. The third kappa shape index (κ3) is 2.08. The quantitative estimate of drug-likeness (QED) is 0.759. The van der Waals surface area contributed by atoms with E-state index in [0.717, 1.165) is 33.6 Å². The topological polar surface area (TPSA) is 34.9 Å². The highest BCUT2D eigenvalue weighted by Gasteiger charge is 2.19. The fourth-order valence-electron chi connectivity index (χ4n) is 2.35. The van der Waals surface area contributed by atoms with E-state index in [1.54, 1.807) is 4.68 Å². The van der Waals surface area contributed by atoms with Gasteiger partial charge in [0.25, 0.3) is 0 Å². The zero-order valence-electron chi connectivity index (χ0n) is 11.5. The van der Waals surface area contributed by atoms with Gasteiger partial charge in [-0.05, 0) is 39.8 Å². The molecule has 0 amide bonds. The van der Waals surface area contributed by atoms with Crippen LogP contribution in [0.15, 0.2) is 18.2 Å². The summed E-state index contributed by atoms with van der Waals surface area (Å²) in [7, 11) is 1.86. The summed E-state index contributed by atoms with van der Waals surface area (Å²) < 4.78 is 1.76. The average Bonchev–Trinajstić information content (AvgIpc) is 2.51. The first-order valence-corrected chi connectivity index (χ1v) is 6.03. The van der Waals surface area contributed by atoms with Crippen molar-refractivity contribution in [3.8, 4) is 0 Å². The maximum absolute atomic E-state index is 12.6. The lowest BCUT2D eigenvalue weighted by atomic mass is 9.98. The van der Waals surface area contributed by atoms with Crippen LogP contribution in [0.1, 0.15) is 38.4 Å². The van der Waals surface area contributed by atoms with Crippen LogP contribution in [0.3, 0.4) is 0 Å². The van der Waals surface area contributed by atoms with Gasteiger partial charge < -0.3 is 0 Å². The maximum atomic E-state index is 12.6. The molecule has 0 saturated carbocycles. The molecule has 3 nitrogen and oxygen atoms in total. The van der Waals surface area contributed by atoms with Gasteiger partial charge in [-0.15, -0.1) is 0 Å². The van der Waals surface area contributed by atoms with Crippen LogP contribution in [-0.4, -0.2) is 15.6 Å². The largest absolute Gasteiger partial charge is 0.288 e. The Labute approximate surface area is 107 Å². The summed E-state index contributed by atoms with van der Waals surface area (Å²) in [6, 6.07) is 5.93. The van der Waals surface area contributed by atoms with Crippen LogP contribution >= 0.6 is 0 Å². The molecule has 1 aromatic carbocycles. The zero-order chi connectivity index (χ0) is 13.4. The van der Waals surface area contributed by atoms with Gasteiger partial charge >= 0.3 is 0 Å². The molecule has 1 aromatic heterocycles. The van der Waals surface area contributed by atoms with Crippen LogP contribution in [0.4, 0.5) is 0 Å². The number of carbonyl (C=O) groups excluding carboxylic acids is 1. The molecular weight excluding hydrogens is 224 g/mol. The van der Waals surface area contributed by atoms with Gasteiger partial charge in [0.15, 0.2) is 5.78 Å². The molecule has 3 heteroatoms. The number of nitrogens with zero attached hydrogens (tertiary/aromatic N) is 2. The molecule has 18 heavy (non-hydrogen) atoms. The Balaban J connectivity index is 2.54. The number of aryl methyl sites for hydroxylation is 4. The molecule has 0 aliphatic carbocycles. The second-order valence-corrected chi connectivity index (χ2v) is 4.87. The van der Waals surface area contributed by atoms with Crippen molar-refractivity contribution in [2.75, 3.05) is 0 Å². The third-order valence-corrected chi connectivity index (χ3v) is 3.22. The van der Waals surface area contributed by atoms with Crippen LogP contribution in [0, 0.1) is 27.7 Å². The first kappa shape index (κ1) is 12.6. The molecule has 0 unspecified atom stereocenters. The standard InChI is InChI=1S/C15H18N2O/c1-9-6-10(2)8-13(7-9)15(18)14-11(3)16-17(5)12(14)4/h6-8H,1-5H3. The highest BCUT2D eigenvalue weighted by molar-refractivity contribution is 6.10. The second kappa shape index (κ2) is 4.41. The van der Waals surface area contributed by atoms with Crippen LogP contribution < -0.4 is 0 Å². The number of benzene rings is 1. The molecule has 2 rings (SSSR count). The Kier molecular flexibility index (Phi) is 3.07. The van der Waals surface area contributed by atoms with E-state index in [-0.39, 0.29) is 5.78 Å². The second-order valence-electron chi connectivity index (χ2n) is 4.87. The number of hydrogen-bond acceptors (Lipinski definition) is 2. The Bertz CT molecular complexity index is 603. The normalized spacial score (nSPS) is 10.7. The molecule has 0 atom stereocenters. The lowest BCUT2D eigenvalue weighted by Gasteiger charge is -2.05. The number of rotatable bonds is 2. The lowest BCUT2D eigenvalue weighted by Crippen LogP contribution is -2.05. The van der Waals surface area contributed by atoms with Crippen LogP contribution in [0.2, 0.25) is 0 Å². The van der Waals surface area contributed by atoms with Gasteiger partial charge in [0, 0.05) is 18.3 Å². The molecule has 0 saturated heterocycles. The highest BCUT2D eigenvalue weighted by Crippen LogP contribution is 2.19. The van der Waals surface area contributed by atoms with Gasteiger partial charge in [0.1, 0.15) is 0 Å². The predicted octanol–water partition coefficient (Wildman–Crippen LogP) is 2.88. The molecule has 2 aromatic rings. The van der Waals surface area contributed by atoms with E-state index in [9.17, 15) is 4.79 Å². The van der Waals surface area contributed by atoms with Gasteiger partial charge in [-0.3, -0.25) is 9.48 Å². The summed E-state index contributed by atoms with van der Waals surface area (Å²) in [4.78, 5) is 12.6. The van der Waals surface area contributed by atoms with Crippen molar-refractivity contribution in [2.45, 2.75) is 27.7 Å². The molecule has 0 fully saturated rings. The summed E-state index contributed by atoms with van der Waals surface area (Å²) in [5, 5.41) is 4.30. The molecule has 0 radical (unpaired) electrons. The summed E-state index contributed by atoms with van der Waals surface area (Å²) >= 11 is 0. The van der Waals surface area contributed by atoms with Gasteiger partial charge in [-0.1, -0.05) is 17.2 Å². The van der Waals surface area contributed by atoms with Gasteiger partial charge in [-0.2, -0.15) is 5.10 Å². The van der Waals surface area contributed by atoms with E-state index in [0.29, 0.717) is 0 Å². The molecule has 0 aliphatic rings. The molecule has 94 valence electrons. The number of aromatic nitrogens is 2. The SMILES string of the molecule is Cc1cc(C)cc(C(=O)c2c(C)nn(C)c2C)c1. The Hall–Kier alpha value is -1.90. The summed E-state index contributed by atoms with van der Waals surface area (Å²) in [5.74, 6) is 0.0601. The van der Waals surface area contributed by atoms with Crippen molar-refractivity contribution < 1.29 is 4.79 Å². The zero-order valence-corrected chi connectivity index (χ0v) is 11.5. The minimum absolute atomic E-state index is 0.0601. The minimum Gasteiger partial charge on any atom is -0.288 e. The average molecular weight is 242 g/mol. The van der Waals surface area contributed by atoms with Crippen molar-refractivity contribution >= 4 is 5.78 Å². The van der Waals surface area contributed by atoms with Gasteiger partial charge in [0.2, 0.25) is 0 Å². The van der Waals surface area contributed by atoms with Gasteiger partial charge in [0.05, 0.1) is 11.3 Å². The smallest absolute Gasteiger partial charge is 0.196 e. The first-order chi connectivity index (χ1) is 8.40. The Morgan fingerprint density at radius 2 is 1.61 bits per heavy atom. The van der Waals surface area contributed by atoms with Crippen LogP contribution in [0.25, 0.3) is 0 Å². The Morgan fingerprint density at radius 1 is 1.06 bits per heavy atom. The van der Waals surface area contributed by atoms with E-state index >= 15 is 0 Å². The first-order valence-electron chi connectivity index (χ1n) is 6.03. The predicted molar refractivity (Wildman–Crippen MR) is 72.0 cm³/mol. The van der Waals surface area contributed by atoms with Crippen molar-refractivity contribution in [1.82, 2.24) is 9.78 Å². The van der Waals surface area contributed by atoms with Crippen molar-refractivity contribution in [1.29, 1.82) is 0 Å².